The molecule has 0 atom stereocenters. The molecule has 0 aliphatic rings. The van der Waals surface area contributed by atoms with Crippen molar-refractivity contribution in [2.24, 2.45) is 10.7 Å². The number of aliphatic imine (C=N–C) groups is 1. The second kappa shape index (κ2) is 4.64. The van der Waals surface area contributed by atoms with E-state index in [0.717, 1.165) is 0 Å². The third-order valence-electron chi connectivity index (χ3n) is 1.23. The average Bonchev–Trinajstić information content (AvgIpc) is 2.02. The second-order valence-corrected chi connectivity index (χ2v) is 2.26. The highest BCUT2D eigenvalue weighted by Gasteiger charge is 2.35. The zero-order valence-electron chi connectivity index (χ0n) is 7.30. The van der Waals surface area contributed by atoms with E-state index in [1.807, 2.05) is 0 Å². The number of nitrogens with zero attached hydrogens (tertiary/aromatic N) is 1. The number of alkyl halides is 3. The largest absolute Gasteiger partial charge is 0.478 e. The molecule has 80 valence electrons. The number of carbonyl (C=O) groups is 1. The van der Waals surface area contributed by atoms with E-state index in [1.54, 1.807) is 6.92 Å². The summed E-state index contributed by atoms with van der Waals surface area (Å²) in [4.78, 5) is 13.7. The van der Waals surface area contributed by atoms with Gasteiger partial charge in [0, 0.05) is 12.8 Å². The molecule has 0 fully saturated rings. The van der Waals surface area contributed by atoms with E-state index in [2.05, 4.69) is 10.7 Å². The van der Waals surface area contributed by atoms with Gasteiger partial charge in [-0.05, 0) is 6.92 Å². The first kappa shape index (κ1) is 12.5. The number of rotatable bonds is 3. The SMILES string of the molecule is CCN=C/C(C(=O)O)=C(\N)C(F)(F)F. The molecule has 0 rings (SSSR count). The van der Waals surface area contributed by atoms with Crippen LogP contribution in [0.15, 0.2) is 16.3 Å². The molecule has 0 aliphatic heterocycles. The third-order valence-corrected chi connectivity index (χ3v) is 1.23. The summed E-state index contributed by atoms with van der Waals surface area (Å²) in [5.41, 5.74) is 1.93. The van der Waals surface area contributed by atoms with Crippen LogP contribution >= 0.6 is 0 Å². The number of hydrogen-bond acceptors (Lipinski definition) is 3. The Morgan fingerprint density at radius 1 is 1.57 bits per heavy atom. The highest BCUT2D eigenvalue weighted by molar-refractivity contribution is 6.09. The van der Waals surface area contributed by atoms with Gasteiger partial charge in [-0.25, -0.2) is 4.79 Å². The number of carboxylic acids is 1. The molecule has 0 aromatic rings. The number of hydrogen-bond donors (Lipinski definition) is 2. The van der Waals surface area contributed by atoms with Gasteiger partial charge in [-0.1, -0.05) is 0 Å². The Kier molecular flexibility index (Phi) is 4.13. The van der Waals surface area contributed by atoms with Crippen molar-refractivity contribution in [3.05, 3.63) is 11.3 Å². The number of allylic oxidation sites excluding steroid dienone is 1. The molecule has 0 bridgehead atoms. The van der Waals surface area contributed by atoms with Crippen LogP contribution in [-0.4, -0.2) is 30.0 Å². The summed E-state index contributed by atoms with van der Waals surface area (Å²) in [6.45, 7) is 1.74. The van der Waals surface area contributed by atoms with E-state index in [-0.39, 0.29) is 6.54 Å². The first-order valence-corrected chi connectivity index (χ1v) is 3.60. The molecule has 3 N–H and O–H groups in total. The van der Waals surface area contributed by atoms with Crippen molar-refractivity contribution in [2.75, 3.05) is 6.54 Å². The molecule has 4 nitrogen and oxygen atoms in total. The maximum Gasteiger partial charge on any atom is 0.431 e. The van der Waals surface area contributed by atoms with Crippen LogP contribution in [0.5, 0.6) is 0 Å². The average molecular weight is 210 g/mol. The van der Waals surface area contributed by atoms with E-state index in [4.69, 9.17) is 5.11 Å². The molecular weight excluding hydrogens is 201 g/mol. The Morgan fingerprint density at radius 3 is 2.36 bits per heavy atom. The normalized spacial score (nSPS) is 14.3. The maximum absolute atomic E-state index is 12.0. The molecule has 0 spiro atoms. The van der Waals surface area contributed by atoms with Crippen LogP contribution in [0.4, 0.5) is 13.2 Å². The Morgan fingerprint density at radius 2 is 2.07 bits per heavy atom. The predicted octanol–water partition coefficient (Wildman–Crippen LogP) is 0.937. The van der Waals surface area contributed by atoms with Gasteiger partial charge >= 0.3 is 12.1 Å². The lowest BCUT2D eigenvalue weighted by Gasteiger charge is -2.07. The van der Waals surface area contributed by atoms with Gasteiger partial charge in [-0.2, -0.15) is 13.2 Å². The molecule has 0 amide bonds. The summed E-state index contributed by atoms with van der Waals surface area (Å²) in [6.07, 6.45) is -4.25. The Hall–Kier alpha value is -1.53. The minimum Gasteiger partial charge on any atom is -0.478 e. The van der Waals surface area contributed by atoms with E-state index in [1.165, 1.54) is 0 Å². The van der Waals surface area contributed by atoms with Crippen molar-refractivity contribution in [1.29, 1.82) is 0 Å². The van der Waals surface area contributed by atoms with Crippen LogP contribution in [0.1, 0.15) is 6.92 Å². The standard InChI is InChI=1S/C7H9F3N2O2/c1-2-12-3-4(6(13)14)5(11)7(8,9)10/h3H,2,11H2,1H3,(H,13,14)/b5-4+,12-3?. The minimum atomic E-state index is -4.85. The zero-order valence-corrected chi connectivity index (χ0v) is 7.30. The fourth-order valence-electron chi connectivity index (χ4n) is 0.575. The van der Waals surface area contributed by atoms with Gasteiger partial charge in [0.2, 0.25) is 0 Å². The van der Waals surface area contributed by atoms with Crippen molar-refractivity contribution in [2.45, 2.75) is 13.1 Å². The molecule has 0 radical (unpaired) electrons. The summed E-state index contributed by atoms with van der Waals surface area (Å²) in [6, 6.07) is 0. The third kappa shape index (κ3) is 3.46. The molecule has 0 heterocycles. The van der Waals surface area contributed by atoms with Crippen LogP contribution in [0.3, 0.4) is 0 Å². The Labute approximate surface area is 77.9 Å². The summed E-state index contributed by atoms with van der Waals surface area (Å²) in [7, 11) is 0. The van der Waals surface area contributed by atoms with Crippen molar-refractivity contribution in [1.82, 2.24) is 0 Å². The fourth-order valence-corrected chi connectivity index (χ4v) is 0.575. The van der Waals surface area contributed by atoms with Crippen LogP contribution < -0.4 is 5.73 Å². The van der Waals surface area contributed by atoms with E-state index < -0.39 is 23.4 Å². The van der Waals surface area contributed by atoms with Crippen molar-refractivity contribution in [3.63, 3.8) is 0 Å². The zero-order chi connectivity index (χ0) is 11.4. The molecule has 0 unspecified atom stereocenters. The van der Waals surface area contributed by atoms with Crippen LogP contribution in [0, 0.1) is 0 Å². The van der Waals surface area contributed by atoms with Crippen molar-refractivity contribution < 1.29 is 23.1 Å². The number of nitrogens with two attached hydrogens (primary N) is 1. The topological polar surface area (TPSA) is 75.7 Å². The van der Waals surface area contributed by atoms with Gasteiger partial charge < -0.3 is 10.8 Å². The van der Waals surface area contributed by atoms with E-state index >= 15 is 0 Å². The number of halogens is 3. The molecular formula is C7H9F3N2O2. The Balaban J connectivity index is 5.17. The van der Waals surface area contributed by atoms with E-state index in [9.17, 15) is 18.0 Å². The first-order valence-electron chi connectivity index (χ1n) is 3.60. The summed E-state index contributed by atoms with van der Waals surface area (Å²) in [5.74, 6) is -1.75. The minimum absolute atomic E-state index is 0.182. The lowest BCUT2D eigenvalue weighted by atomic mass is 10.2. The maximum atomic E-state index is 12.0. The van der Waals surface area contributed by atoms with Crippen molar-refractivity contribution >= 4 is 12.2 Å². The van der Waals surface area contributed by atoms with Gasteiger partial charge in [-0.15, -0.1) is 0 Å². The number of aliphatic carboxylic acids is 1. The molecule has 0 saturated heterocycles. The summed E-state index contributed by atoms with van der Waals surface area (Å²) >= 11 is 0. The molecule has 7 heteroatoms. The molecule has 0 saturated carbocycles. The second-order valence-electron chi connectivity index (χ2n) is 2.26. The summed E-state index contributed by atoms with van der Waals surface area (Å²) in [5, 5.41) is 8.40. The quantitative estimate of drug-likeness (QED) is 0.537. The van der Waals surface area contributed by atoms with Gasteiger partial charge in [0.05, 0.1) is 0 Å². The monoisotopic (exact) mass is 210 g/mol. The first-order chi connectivity index (χ1) is 6.30. The summed E-state index contributed by atoms with van der Waals surface area (Å²) < 4.78 is 35.9. The van der Waals surface area contributed by atoms with Gasteiger partial charge in [0.1, 0.15) is 11.3 Å². The van der Waals surface area contributed by atoms with Gasteiger partial charge in [0.25, 0.3) is 0 Å². The molecule has 14 heavy (non-hydrogen) atoms. The van der Waals surface area contributed by atoms with Crippen LogP contribution in [0.2, 0.25) is 0 Å². The van der Waals surface area contributed by atoms with Crippen LogP contribution in [0.25, 0.3) is 0 Å². The molecule has 0 aromatic heterocycles. The highest BCUT2D eigenvalue weighted by Crippen LogP contribution is 2.23. The highest BCUT2D eigenvalue weighted by atomic mass is 19.4. The van der Waals surface area contributed by atoms with Crippen LogP contribution in [-0.2, 0) is 4.79 Å². The molecule has 0 aliphatic carbocycles. The predicted molar refractivity (Wildman–Crippen MR) is 43.9 cm³/mol. The van der Waals surface area contributed by atoms with Gasteiger partial charge in [-0.3, -0.25) is 4.99 Å². The smallest absolute Gasteiger partial charge is 0.431 e. The lowest BCUT2D eigenvalue weighted by molar-refractivity contribution is -0.133. The number of carboxylic acid groups (broad SMARTS) is 1. The fraction of sp³-hybridized carbons (Fsp3) is 0.429. The Bertz CT molecular complexity index is 281. The van der Waals surface area contributed by atoms with Crippen molar-refractivity contribution in [3.8, 4) is 0 Å². The lowest BCUT2D eigenvalue weighted by Crippen LogP contribution is -2.25. The van der Waals surface area contributed by atoms with Gasteiger partial charge in [0.15, 0.2) is 0 Å². The van der Waals surface area contributed by atoms with E-state index in [0.29, 0.717) is 6.21 Å². The molecule has 0 aromatic carbocycles.